The normalized spacial score (nSPS) is 9.75. The van der Waals surface area contributed by atoms with E-state index in [4.69, 9.17) is 5.14 Å². The number of nitrogens with two attached hydrogens (primary N) is 1. The first kappa shape index (κ1) is 8.66. The van der Waals surface area contributed by atoms with Gasteiger partial charge in [0.25, 0.3) is 0 Å². The Morgan fingerprint density at radius 1 is 1.25 bits per heavy atom. The predicted octanol–water partition coefficient (Wildman–Crippen LogP) is 1.69. The zero-order valence-corrected chi connectivity index (χ0v) is 6.68. The number of hydrogen-bond donors (Lipinski definition) is 2. The number of hydrogen-bond acceptors (Lipinski definition) is 3. The van der Waals surface area contributed by atoms with Crippen molar-refractivity contribution in [1.82, 2.24) is 0 Å². The largest absolute Gasteiger partial charge is 0.278 e. The summed E-state index contributed by atoms with van der Waals surface area (Å²) >= 11 is 5.51. The summed E-state index contributed by atoms with van der Waals surface area (Å²) < 4.78 is 0. The van der Waals surface area contributed by atoms with E-state index >= 15 is 0 Å². The Labute approximate surface area is 61.0 Å². The minimum Gasteiger partial charge on any atom is -0.278 e. The summed E-state index contributed by atoms with van der Waals surface area (Å²) in [5, 5.41) is 5.21. The molecule has 50 valence electrons. The topological polar surface area (TPSA) is 26.0 Å². The fraction of sp³-hybridized carbons (Fsp3) is 1.00. The van der Waals surface area contributed by atoms with Crippen LogP contribution in [0.3, 0.4) is 0 Å². The fourth-order valence-electron chi connectivity index (χ4n) is 0.474. The Kier molecular flexibility index (Phi) is 8.29. The smallest absolute Gasteiger partial charge is 0.00764 e. The van der Waals surface area contributed by atoms with E-state index in [-0.39, 0.29) is 0 Å². The lowest BCUT2D eigenvalue weighted by molar-refractivity contribution is 0.787. The Hall–Kier alpha value is 0.660. The van der Waals surface area contributed by atoms with Crippen LogP contribution < -0.4 is 5.14 Å². The lowest BCUT2D eigenvalue weighted by atomic mass is 10.3. The summed E-state index contributed by atoms with van der Waals surface area (Å²) in [6, 6.07) is 0. The molecule has 8 heavy (non-hydrogen) atoms. The van der Waals surface area contributed by atoms with Gasteiger partial charge in [0.2, 0.25) is 0 Å². The molecule has 0 aromatic heterocycles. The highest BCUT2D eigenvalue weighted by molar-refractivity contribution is 7.97. The zero-order valence-electron chi connectivity index (χ0n) is 4.97. The number of thiol groups is 1. The van der Waals surface area contributed by atoms with Crippen LogP contribution in [-0.2, 0) is 0 Å². The molecule has 0 radical (unpaired) electrons. The van der Waals surface area contributed by atoms with Crippen molar-refractivity contribution < 1.29 is 0 Å². The van der Waals surface area contributed by atoms with Crippen LogP contribution in [0.2, 0.25) is 0 Å². The van der Waals surface area contributed by atoms with Crippen LogP contribution in [0.5, 0.6) is 0 Å². The third kappa shape index (κ3) is 6.66. The Morgan fingerprint density at radius 2 is 2.00 bits per heavy atom. The first-order chi connectivity index (χ1) is 3.91. The molecule has 0 aliphatic rings. The van der Waals surface area contributed by atoms with Crippen LogP contribution in [0.15, 0.2) is 0 Å². The molecule has 1 nitrogen and oxygen atoms in total. The average Bonchev–Trinajstić information content (AvgIpc) is 1.81. The summed E-state index contributed by atoms with van der Waals surface area (Å²) in [6.45, 7) is 0. The lowest BCUT2D eigenvalue weighted by Crippen LogP contribution is -1.85. The molecular formula is C5H13NS2. The first-order valence-electron chi connectivity index (χ1n) is 2.84. The van der Waals surface area contributed by atoms with Crippen molar-refractivity contribution in [1.29, 1.82) is 0 Å². The van der Waals surface area contributed by atoms with Gasteiger partial charge >= 0.3 is 0 Å². The summed E-state index contributed by atoms with van der Waals surface area (Å²) in [5.41, 5.74) is 0. The monoisotopic (exact) mass is 151 g/mol. The highest BCUT2D eigenvalue weighted by Gasteiger charge is 1.84. The Bertz CT molecular complexity index is 35.4. The van der Waals surface area contributed by atoms with Gasteiger partial charge in [0, 0.05) is 5.75 Å². The molecule has 0 saturated carbocycles. The van der Waals surface area contributed by atoms with Crippen molar-refractivity contribution in [3.8, 4) is 0 Å². The standard InChI is InChI=1S/C5H13NS2/c6-8-5-3-1-2-4-7/h7H,1-6H2. The van der Waals surface area contributed by atoms with Gasteiger partial charge in [0.1, 0.15) is 0 Å². The van der Waals surface area contributed by atoms with Crippen molar-refractivity contribution in [3.63, 3.8) is 0 Å². The summed E-state index contributed by atoms with van der Waals surface area (Å²) in [6.07, 6.45) is 3.74. The van der Waals surface area contributed by atoms with Gasteiger partial charge in [0.05, 0.1) is 0 Å². The number of rotatable bonds is 5. The molecule has 0 spiro atoms. The molecule has 0 fully saturated rings. The minimum absolute atomic E-state index is 1.01. The molecule has 0 saturated heterocycles. The van der Waals surface area contributed by atoms with Crippen molar-refractivity contribution in [3.05, 3.63) is 0 Å². The van der Waals surface area contributed by atoms with Crippen molar-refractivity contribution >= 4 is 24.6 Å². The van der Waals surface area contributed by atoms with Gasteiger partial charge in [-0.2, -0.15) is 12.6 Å². The molecule has 0 aromatic carbocycles. The third-order valence-corrected chi connectivity index (χ3v) is 1.76. The zero-order chi connectivity index (χ0) is 6.24. The van der Waals surface area contributed by atoms with E-state index in [0.29, 0.717) is 0 Å². The molecule has 0 rings (SSSR count). The van der Waals surface area contributed by atoms with Gasteiger partial charge in [-0.05, 0) is 18.6 Å². The van der Waals surface area contributed by atoms with Gasteiger partial charge in [-0.25, -0.2) is 0 Å². The van der Waals surface area contributed by atoms with Crippen LogP contribution in [0, 0.1) is 0 Å². The summed E-state index contributed by atoms with van der Waals surface area (Å²) in [4.78, 5) is 0. The van der Waals surface area contributed by atoms with Crippen LogP contribution in [0.25, 0.3) is 0 Å². The van der Waals surface area contributed by atoms with E-state index in [1.807, 2.05) is 0 Å². The van der Waals surface area contributed by atoms with Gasteiger partial charge in [-0.3, -0.25) is 5.14 Å². The molecule has 0 heterocycles. The molecule has 0 unspecified atom stereocenters. The second-order valence-electron chi connectivity index (χ2n) is 1.66. The molecule has 0 aromatic rings. The van der Waals surface area contributed by atoms with E-state index in [1.54, 1.807) is 0 Å². The lowest BCUT2D eigenvalue weighted by Gasteiger charge is -1.93. The van der Waals surface area contributed by atoms with Crippen LogP contribution in [0.4, 0.5) is 0 Å². The van der Waals surface area contributed by atoms with Crippen molar-refractivity contribution in [2.24, 2.45) is 5.14 Å². The van der Waals surface area contributed by atoms with Gasteiger partial charge < -0.3 is 0 Å². The number of unbranched alkanes of at least 4 members (excludes halogenated alkanes) is 2. The minimum atomic E-state index is 1.01. The van der Waals surface area contributed by atoms with Crippen molar-refractivity contribution in [2.75, 3.05) is 11.5 Å². The average molecular weight is 151 g/mol. The van der Waals surface area contributed by atoms with Crippen LogP contribution in [-0.4, -0.2) is 11.5 Å². The van der Waals surface area contributed by atoms with Crippen LogP contribution in [0.1, 0.15) is 19.3 Å². The molecule has 2 N–H and O–H groups in total. The van der Waals surface area contributed by atoms with E-state index in [1.165, 1.54) is 31.2 Å². The molecule has 0 aliphatic heterocycles. The summed E-state index contributed by atoms with van der Waals surface area (Å²) in [5.74, 6) is 2.10. The SMILES string of the molecule is NSCCCCCS. The first-order valence-corrected chi connectivity index (χ1v) is 4.52. The molecular weight excluding hydrogens is 138 g/mol. The molecule has 3 heteroatoms. The van der Waals surface area contributed by atoms with Crippen molar-refractivity contribution in [2.45, 2.75) is 19.3 Å². The molecule has 0 aliphatic carbocycles. The van der Waals surface area contributed by atoms with Crippen LogP contribution >= 0.6 is 24.6 Å². The van der Waals surface area contributed by atoms with Gasteiger partial charge in [-0.1, -0.05) is 18.4 Å². The Morgan fingerprint density at radius 3 is 2.50 bits per heavy atom. The van der Waals surface area contributed by atoms with E-state index in [0.717, 1.165) is 11.5 Å². The second-order valence-corrected chi connectivity index (χ2v) is 2.84. The maximum absolute atomic E-state index is 5.21. The quantitative estimate of drug-likeness (QED) is 0.355. The molecule has 0 atom stereocenters. The maximum Gasteiger partial charge on any atom is 0.00764 e. The third-order valence-electron chi connectivity index (χ3n) is 0.920. The fourth-order valence-corrected chi connectivity index (χ4v) is 1.07. The van der Waals surface area contributed by atoms with Gasteiger partial charge in [0.15, 0.2) is 0 Å². The predicted molar refractivity (Wildman–Crippen MR) is 44.3 cm³/mol. The second kappa shape index (κ2) is 7.66. The Balaban J connectivity index is 2.53. The van der Waals surface area contributed by atoms with E-state index < -0.39 is 0 Å². The molecule has 0 amide bonds. The highest BCUT2D eigenvalue weighted by atomic mass is 32.2. The van der Waals surface area contributed by atoms with E-state index in [2.05, 4.69) is 12.6 Å². The maximum atomic E-state index is 5.21. The summed E-state index contributed by atoms with van der Waals surface area (Å²) in [7, 11) is 0. The molecule has 0 bridgehead atoms. The van der Waals surface area contributed by atoms with Gasteiger partial charge in [-0.15, -0.1) is 0 Å². The highest BCUT2D eigenvalue weighted by Crippen LogP contribution is 2.00. The van der Waals surface area contributed by atoms with E-state index in [9.17, 15) is 0 Å².